The van der Waals surface area contributed by atoms with Gasteiger partial charge in [-0.25, -0.2) is 4.79 Å². The van der Waals surface area contributed by atoms with Gasteiger partial charge in [0.05, 0.1) is 7.11 Å². The predicted molar refractivity (Wildman–Crippen MR) is 84.4 cm³/mol. The minimum absolute atomic E-state index is 0.183. The predicted octanol–water partition coefficient (Wildman–Crippen LogP) is 3.05. The maximum atomic E-state index is 12.0. The summed E-state index contributed by atoms with van der Waals surface area (Å²) < 4.78 is 4.58. The quantitative estimate of drug-likeness (QED) is 0.243. The number of Topliss-reactive ketones (excluding diaryl/α,β-unsaturated/α-hetero) is 1. The molecule has 0 aliphatic rings. The number of ketones is 1. The van der Waals surface area contributed by atoms with E-state index in [0.29, 0.717) is 6.42 Å². The van der Waals surface area contributed by atoms with Crippen LogP contribution in [0.4, 0.5) is 0 Å². The zero-order valence-corrected chi connectivity index (χ0v) is 13.2. The maximum Gasteiger partial charge on any atom is 0.363 e. The normalized spacial score (nSPS) is 10.8. The Kier molecular flexibility index (Phi) is 7.61. The first-order valence-electron chi connectivity index (χ1n) is 7.03. The van der Waals surface area contributed by atoms with E-state index in [1.165, 1.54) is 7.11 Å². The molecule has 0 aliphatic carbocycles. The van der Waals surface area contributed by atoms with Gasteiger partial charge in [-0.3, -0.25) is 4.79 Å². The Hall–Kier alpha value is -2.43. The average molecular weight is 303 g/mol. The summed E-state index contributed by atoms with van der Waals surface area (Å²) in [4.78, 5) is 28.8. The Labute approximate surface area is 130 Å². The van der Waals surface area contributed by atoms with Crippen LogP contribution in [0.2, 0.25) is 0 Å². The third-order valence-corrected chi connectivity index (χ3v) is 2.80. The fourth-order valence-corrected chi connectivity index (χ4v) is 1.65. The van der Waals surface area contributed by atoms with Crippen molar-refractivity contribution in [1.29, 1.82) is 0 Å². The molecule has 1 aromatic carbocycles. The van der Waals surface area contributed by atoms with Gasteiger partial charge >= 0.3 is 5.97 Å². The Balaban J connectivity index is 2.66. The number of carbonyl (C=O) groups excluding carboxylic acids is 2. The molecule has 1 rings (SSSR count). The van der Waals surface area contributed by atoms with Gasteiger partial charge in [0, 0.05) is 6.42 Å². The molecular weight excluding hydrogens is 282 g/mol. The molecule has 0 heterocycles. The smallest absolute Gasteiger partial charge is 0.363 e. The highest BCUT2D eigenvalue weighted by molar-refractivity contribution is 6.64. The first-order chi connectivity index (χ1) is 10.5. The van der Waals surface area contributed by atoms with Gasteiger partial charge in [-0.05, 0) is 25.8 Å². The molecule has 118 valence electrons. The van der Waals surface area contributed by atoms with Crippen LogP contribution < -0.4 is 0 Å². The summed E-state index contributed by atoms with van der Waals surface area (Å²) in [6.07, 6.45) is 2.67. The van der Waals surface area contributed by atoms with Crippen molar-refractivity contribution in [2.24, 2.45) is 5.16 Å². The summed E-state index contributed by atoms with van der Waals surface area (Å²) in [6.45, 7) is 4.08. The van der Waals surface area contributed by atoms with E-state index in [9.17, 15) is 9.59 Å². The zero-order valence-electron chi connectivity index (χ0n) is 13.2. The van der Waals surface area contributed by atoms with Crippen molar-refractivity contribution < 1.29 is 19.2 Å². The monoisotopic (exact) mass is 303 g/mol. The van der Waals surface area contributed by atoms with Gasteiger partial charge in [-0.2, -0.15) is 0 Å². The first-order valence-corrected chi connectivity index (χ1v) is 7.03. The van der Waals surface area contributed by atoms with E-state index in [1.807, 2.05) is 50.3 Å². The number of allylic oxidation sites excluding steroid dienone is 2. The van der Waals surface area contributed by atoms with Crippen LogP contribution >= 0.6 is 0 Å². The highest BCUT2D eigenvalue weighted by atomic mass is 16.6. The average Bonchev–Trinajstić information content (AvgIpc) is 2.51. The number of benzene rings is 1. The number of hydrogen-bond donors (Lipinski definition) is 0. The van der Waals surface area contributed by atoms with Crippen molar-refractivity contribution in [3.05, 3.63) is 47.5 Å². The summed E-state index contributed by atoms with van der Waals surface area (Å²) in [7, 11) is 1.21. The molecule has 5 heteroatoms. The summed E-state index contributed by atoms with van der Waals surface area (Å²) in [6, 6.07) is 9.36. The standard InChI is InChI=1S/C17H21NO4/c1-13(2)8-7-11-15(19)16(17(20)21-3)18-22-12-14-9-5-4-6-10-14/h4-6,8-10H,7,11-12H2,1-3H3/b18-16+. The lowest BCUT2D eigenvalue weighted by atomic mass is 10.1. The lowest BCUT2D eigenvalue weighted by Crippen LogP contribution is -2.25. The van der Waals surface area contributed by atoms with Crippen LogP contribution in [0.1, 0.15) is 32.3 Å². The van der Waals surface area contributed by atoms with Crippen molar-refractivity contribution in [3.8, 4) is 0 Å². The van der Waals surface area contributed by atoms with Crippen molar-refractivity contribution >= 4 is 17.5 Å². The molecule has 0 saturated heterocycles. The van der Waals surface area contributed by atoms with Crippen molar-refractivity contribution in [3.63, 3.8) is 0 Å². The Bertz CT molecular complexity index is 557. The SMILES string of the molecule is COC(=O)/C(=N/OCc1ccccc1)C(=O)CCC=C(C)C. The molecule has 0 amide bonds. The van der Waals surface area contributed by atoms with Gasteiger partial charge < -0.3 is 9.57 Å². The highest BCUT2D eigenvalue weighted by Gasteiger charge is 2.21. The Morgan fingerprint density at radius 2 is 1.86 bits per heavy atom. The minimum Gasteiger partial charge on any atom is -0.464 e. The van der Waals surface area contributed by atoms with E-state index in [2.05, 4.69) is 9.89 Å². The topological polar surface area (TPSA) is 65.0 Å². The van der Waals surface area contributed by atoms with Gasteiger partial charge in [0.25, 0.3) is 0 Å². The molecule has 0 N–H and O–H groups in total. The minimum atomic E-state index is -0.782. The molecule has 22 heavy (non-hydrogen) atoms. The number of esters is 1. The number of methoxy groups -OCH3 is 1. The molecule has 0 unspecified atom stereocenters. The van der Waals surface area contributed by atoms with Crippen molar-refractivity contribution in [1.82, 2.24) is 0 Å². The Morgan fingerprint density at radius 1 is 1.18 bits per heavy atom. The highest BCUT2D eigenvalue weighted by Crippen LogP contribution is 2.04. The lowest BCUT2D eigenvalue weighted by molar-refractivity contribution is -0.133. The molecule has 5 nitrogen and oxygen atoms in total. The van der Waals surface area contributed by atoms with Crippen LogP contribution in [0.3, 0.4) is 0 Å². The first kappa shape index (κ1) is 17.6. The van der Waals surface area contributed by atoms with E-state index >= 15 is 0 Å². The lowest BCUT2D eigenvalue weighted by Gasteiger charge is -2.04. The van der Waals surface area contributed by atoms with Crippen LogP contribution in [-0.2, 0) is 25.8 Å². The second kappa shape index (κ2) is 9.50. The zero-order chi connectivity index (χ0) is 16.4. The van der Waals surface area contributed by atoms with Crippen LogP contribution in [0, 0.1) is 0 Å². The van der Waals surface area contributed by atoms with E-state index in [-0.39, 0.29) is 18.7 Å². The molecule has 0 aliphatic heterocycles. The molecule has 0 radical (unpaired) electrons. The van der Waals surface area contributed by atoms with Gasteiger partial charge in [-0.15, -0.1) is 0 Å². The second-order valence-corrected chi connectivity index (χ2v) is 4.93. The van der Waals surface area contributed by atoms with E-state index in [1.54, 1.807) is 0 Å². The summed E-state index contributed by atoms with van der Waals surface area (Å²) in [5.74, 6) is -1.17. The van der Waals surface area contributed by atoms with Crippen LogP contribution in [0.25, 0.3) is 0 Å². The number of carbonyl (C=O) groups is 2. The largest absolute Gasteiger partial charge is 0.464 e. The Morgan fingerprint density at radius 3 is 2.45 bits per heavy atom. The molecule has 0 atom stereocenters. The molecular formula is C17H21NO4. The maximum absolute atomic E-state index is 12.0. The molecule has 0 spiro atoms. The van der Waals surface area contributed by atoms with Crippen molar-refractivity contribution in [2.45, 2.75) is 33.3 Å². The number of ether oxygens (including phenoxy) is 1. The number of hydrogen-bond acceptors (Lipinski definition) is 5. The third-order valence-electron chi connectivity index (χ3n) is 2.80. The van der Waals surface area contributed by atoms with E-state index in [4.69, 9.17) is 4.84 Å². The van der Waals surface area contributed by atoms with Crippen LogP contribution in [-0.4, -0.2) is 24.6 Å². The van der Waals surface area contributed by atoms with E-state index < -0.39 is 11.8 Å². The number of nitrogens with zero attached hydrogens (tertiary/aromatic N) is 1. The van der Waals surface area contributed by atoms with Crippen molar-refractivity contribution in [2.75, 3.05) is 7.11 Å². The molecule has 0 saturated carbocycles. The number of rotatable bonds is 8. The number of oxime groups is 1. The van der Waals surface area contributed by atoms with E-state index in [0.717, 1.165) is 11.1 Å². The summed E-state index contributed by atoms with van der Waals surface area (Å²) in [5.41, 5.74) is 1.71. The fraction of sp³-hybridized carbons (Fsp3) is 0.353. The third kappa shape index (κ3) is 6.35. The van der Waals surface area contributed by atoms with Gasteiger partial charge in [0.2, 0.25) is 5.71 Å². The molecule has 1 aromatic rings. The summed E-state index contributed by atoms with van der Waals surface area (Å²) >= 11 is 0. The second-order valence-electron chi connectivity index (χ2n) is 4.93. The van der Waals surface area contributed by atoms with Crippen LogP contribution in [0.5, 0.6) is 0 Å². The van der Waals surface area contributed by atoms with Gasteiger partial charge in [-0.1, -0.05) is 47.1 Å². The molecule has 0 fully saturated rings. The van der Waals surface area contributed by atoms with Gasteiger partial charge in [0.1, 0.15) is 6.61 Å². The molecule has 0 aromatic heterocycles. The van der Waals surface area contributed by atoms with Crippen LogP contribution in [0.15, 0.2) is 47.1 Å². The van der Waals surface area contributed by atoms with Gasteiger partial charge in [0.15, 0.2) is 5.78 Å². The molecule has 0 bridgehead atoms. The fourth-order valence-electron chi connectivity index (χ4n) is 1.65. The summed E-state index contributed by atoms with van der Waals surface area (Å²) in [5, 5.41) is 3.66.